The second-order valence-corrected chi connectivity index (χ2v) is 9.93. The number of hydrogen-bond acceptors (Lipinski definition) is 4. The zero-order valence-electron chi connectivity index (χ0n) is 15.9. The molecule has 4 aliphatic rings. The van der Waals surface area contributed by atoms with E-state index in [-0.39, 0.29) is 35.7 Å². The molecule has 4 saturated carbocycles. The van der Waals surface area contributed by atoms with Gasteiger partial charge in [0.2, 0.25) is 0 Å². The highest BCUT2D eigenvalue weighted by molar-refractivity contribution is 5.10. The molecule has 0 aromatic carbocycles. The Bertz CT molecular complexity index is 496. The van der Waals surface area contributed by atoms with Crippen LogP contribution in [0.25, 0.3) is 0 Å². The Kier molecular flexibility index (Phi) is 4.71. The summed E-state index contributed by atoms with van der Waals surface area (Å²) in [5.41, 5.74) is 0.364. The van der Waals surface area contributed by atoms with Crippen molar-refractivity contribution in [1.82, 2.24) is 0 Å². The van der Waals surface area contributed by atoms with E-state index in [1.54, 1.807) is 0 Å². The predicted octanol–water partition coefficient (Wildman–Crippen LogP) is 2.74. The van der Waals surface area contributed by atoms with E-state index in [9.17, 15) is 10.2 Å². The van der Waals surface area contributed by atoms with E-state index in [0.29, 0.717) is 24.4 Å². The van der Waals surface area contributed by atoms with Gasteiger partial charge in [0.1, 0.15) is 0 Å². The van der Waals surface area contributed by atoms with Crippen molar-refractivity contribution in [3.05, 3.63) is 0 Å². The van der Waals surface area contributed by atoms with Crippen molar-refractivity contribution in [2.75, 3.05) is 13.2 Å². The van der Waals surface area contributed by atoms with Gasteiger partial charge in [0.15, 0.2) is 0 Å². The normalized spacial score (nSPS) is 55.3. The van der Waals surface area contributed by atoms with E-state index in [1.165, 1.54) is 25.7 Å². The summed E-state index contributed by atoms with van der Waals surface area (Å²) < 4.78 is 5.82. The van der Waals surface area contributed by atoms with Gasteiger partial charge in [0.05, 0.1) is 31.5 Å². The van der Waals surface area contributed by atoms with E-state index in [4.69, 9.17) is 9.84 Å². The standard InChI is InChI=1S/C21H36O4/c1-20-8-7-16-14(15(20)5-6-19(20)24)4-3-13-11-17(23)18(25-10-9-22)12-21(13,16)2/h13-19,22-24H,3-12H2,1-2H3/t13-,14-,15-,16-,17-,18+,19?,20-,21-/m0/s1. The van der Waals surface area contributed by atoms with E-state index in [2.05, 4.69) is 13.8 Å². The molecule has 0 spiro atoms. The molecule has 0 radical (unpaired) electrons. The molecule has 4 aliphatic carbocycles. The van der Waals surface area contributed by atoms with Crippen LogP contribution in [0.2, 0.25) is 0 Å². The summed E-state index contributed by atoms with van der Waals surface area (Å²) in [5.74, 6) is 2.68. The van der Waals surface area contributed by atoms with Gasteiger partial charge in [-0.05, 0) is 85.9 Å². The second kappa shape index (κ2) is 6.47. The number of aliphatic hydroxyl groups is 3. The van der Waals surface area contributed by atoms with Gasteiger partial charge < -0.3 is 20.1 Å². The number of fused-ring (bicyclic) bond motifs is 5. The Morgan fingerprint density at radius 1 is 0.960 bits per heavy atom. The van der Waals surface area contributed by atoms with Crippen molar-refractivity contribution in [3.63, 3.8) is 0 Å². The first-order chi connectivity index (χ1) is 11.9. The van der Waals surface area contributed by atoms with Crippen LogP contribution < -0.4 is 0 Å². The fourth-order valence-corrected chi connectivity index (χ4v) is 7.60. The molecule has 0 aromatic rings. The maximum atomic E-state index is 10.6. The van der Waals surface area contributed by atoms with Gasteiger partial charge in [0.25, 0.3) is 0 Å². The molecule has 144 valence electrons. The second-order valence-electron chi connectivity index (χ2n) is 9.93. The third-order valence-corrected chi connectivity index (χ3v) is 9.03. The lowest BCUT2D eigenvalue weighted by Crippen LogP contribution is -2.57. The summed E-state index contributed by atoms with van der Waals surface area (Å²) >= 11 is 0. The van der Waals surface area contributed by atoms with Crippen LogP contribution in [0, 0.1) is 34.5 Å². The Balaban J connectivity index is 1.57. The molecule has 25 heavy (non-hydrogen) atoms. The van der Waals surface area contributed by atoms with Gasteiger partial charge >= 0.3 is 0 Å². The first-order valence-electron chi connectivity index (χ1n) is 10.5. The molecule has 4 heteroatoms. The lowest BCUT2D eigenvalue weighted by Gasteiger charge is -2.61. The topological polar surface area (TPSA) is 69.9 Å². The van der Waals surface area contributed by atoms with Crippen LogP contribution in [0.15, 0.2) is 0 Å². The quantitative estimate of drug-likeness (QED) is 0.730. The van der Waals surface area contributed by atoms with Crippen molar-refractivity contribution in [2.45, 2.75) is 83.5 Å². The Morgan fingerprint density at radius 3 is 2.48 bits per heavy atom. The van der Waals surface area contributed by atoms with Crippen molar-refractivity contribution < 1.29 is 20.1 Å². The van der Waals surface area contributed by atoms with E-state index < -0.39 is 0 Å². The van der Waals surface area contributed by atoms with Crippen molar-refractivity contribution >= 4 is 0 Å². The first-order valence-corrected chi connectivity index (χ1v) is 10.5. The van der Waals surface area contributed by atoms with E-state index in [1.807, 2.05) is 0 Å². The lowest BCUT2D eigenvalue weighted by atomic mass is 9.45. The molecule has 0 saturated heterocycles. The molecule has 9 atom stereocenters. The van der Waals surface area contributed by atoms with Crippen LogP contribution in [0.4, 0.5) is 0 Å². The molecule has 1 unspecified atom stereocenters. The van der Waals surface area contributed by atoms with Crippen LogP contribution in [-0.2, 0) is 4.74 Å². The highest BCUT2D eigenvalue weighted by Gasteiger charge is 2.61. The largest absolute Gasteiger partial charge is 0.394 e. The molecule has 4 nitrogen and oxygen atoms in total. The molecular weight excluding hydrogens is 316 g/mol. The fourth-order valence-electron chi connectivity index (χ4n) is 7.60. The summed E-state index contributed by atoms with van der Waals surface area (Å²) in [5, 5.41) is 30.2. The summed E-state index contributed by atoms with van der Waals surface area (Å²) in [6.07, 6.45) is 8.15. The van der Waals surface area contributed by atoms with Crippen molar-refractivity contribution in [3.8, 4) is 0 Å². The third-order valence-electron chi connectivity index (χ3n) is 9.03. The highest BCUT2D eigenvalue weighted by Crippen LogP contribution is 2.66. The number of ether oxygens (including phenoxy) is 1. The smallest absolute Gasteiger partial charge is 0.0840 e. The molecule has 0 heterocycles. The summed E-state index contributed by atoms with van der Waals surface area (Å²) in [7, 11) is 0. The Morgan fingerprint density at radius 2 is 1.72 bits per heavy atom. The molecule has 0 aromatic heterocycles. The van der Waals surface area contributed by atoms with Gasteiger partial charge in [-0.1, -0.05) is 13.8 Å². The summed E-state index contributed by atoms with van der Waals surface area (Å²) in [6.45, 7) is 5.12. The van der Waals surface area contributed by atoms with Crippen LogP contribution in [0.1, 0.15) is 65.2 Å². The average Bonchev–Trinajstić information content (AvgIpc) is 2.89. The minimum Gasteiger partial charge on any atom is -0.394 e. The Labute approximate surface area is 152 Å². The van der Waals surface area contributed by atoms with Gasteiger partial charge in [-0.25, -0.2) is 0 Å². The van der Waals surface area contributed by atoms with Crippen LogP contribution in [0.3, 0.4) is 0 Å². The molecule has 0 aliphatic heterocycles. The number of aliphatic hydroxyl groups excluding tert-OH is 3. The molecule has 4 fully saturated rings. The fraction of sp³-hybridized carbons (Fsp3) is 1.00. The summed E-state index contributed by atoms with van der Waals surface area (Å²) in [4.78, 5) is 0. The zero-order valence-corrected chi connectivity index (χ0v) is 15.9. The maximum Gasteiger partial charge on any atom is 0.0840 e. The Hall–Kier alpha value is -0.160. The first kappa shape index (κ1) is 18.2. The van der Waals surface area contributed by atoms with Gasteiger partial charge in [-0.15, -0.1) is 0 Å². The van der Waals surface area contributed by atoms with Crippen molar-refractivity contribution in [1.29, 1.82) is 0 Å². The SMILES string of the molecule is C[C@]12C[C@@H](OCCO)[C@@H](O)C[C@@H]1CC[C@@H]1[C@@H]2CC[C@]2(C)C(O)CC[C@@H]12. The van der Waals surface area contributed by atoms with Gasteiger partial charge in [0, 0.05) is 0 Å². The third kappa shape index (κ3) is 2.70. The molecule has 0 amide bonds. The maximum absolute atomic E-state index is 10.6. The number of rotatable bonds is 3. The van der Waals surface area contributed by atoms with Crippen LogP contribution in [0.5, 0.6) is 0 Å². The zero-order chi connectivity index (χ0) is 17.8. The molecular formula is C21H36O4. The minimum absolute atomic E-state index is 0.0216. The van der Waals surface area contributed by atoms with E-state index >= 15 is 0 Å². The molecule has 4 rings (SSSR count). The monoisotopic (exact) mass is 352 g/mol. The predicted molar refractivity (Wildman–Crippen MR) is 95.9 cm³/mol. The lowest BCUT2D eigenvalue weighted by molar-refractivity contribution is -0.176. The van der Waals surface area contributed by atoms with Crippen molar-refractivity contribution in [2.24, 2.45) is 34.5 Å². The molecule has 3 N–H and O–H groups in total. The minimum atomic E-state index is -0.386. The van der Waals surface area contributed by atoms with Crippen LogP contribution in [-0.4, -0.2) is 46.8 Å². The highest BCUT2D eigenvalue weighted by atomic mass is 16.5. The van der Waals surface area contributed by atoms with Crippen LogP contribution >= 0.6 is 0 Å². The van der Waals surface area contributed by atoms with Gasteiger partial charge in [-0.3, -0.25) is 0 Å². The number of hydrogen-bond donors (Lipinski definition) is 3. The molecule has 0 bridgehead atoms. The van der Waals surface area contributed by atoms with Gasteiger partial charge in [-0.2, -0.15) is 0 Å². The van der Waals surface area contributed by atoms with E-state index in [0.717, 1.165) is 31.6 Å². The average molecular weight is 353 g/mol. The summed E-state index contributed by atoms with van der Waals surface area (Å²) in [6, 6.07) is 0.